The van der Waals surface area contributed by atoms with Crippen LogP contribution in [-0.2, 0) is 7.05 Å². The van der Waals surface area contributed by atoms with Crippen molar-refractivity contribution in [1.82, 2.24) is 20.0 Å². The Morgan fingerprint density at radius 2 is 2.39 bits per heavy atom. The Hall–Kier alpha value is -1.36. The number of aromatic nitrogens is 2. The number of amides is 1. The molecule has 1 aromatic rings. The van der Waals surface area contributed by atoms with Crippen LogP contribution < -0.4 is 5.32 Å². The van der Waals surface area contributed by atoms with Gasteiger partial charge in [0.15, 0.2) is 0 Å². The number of carbonyl (C=O) groups excluding carboxylic acids is 1. The first-order valence-electron chi connectivity index (χ1n) is 6.57. The zero-order chi connectivity index (χ0) is 13.1. The first-order chi connectivity index (χ1) is 8.59. The van der Waals surface area contributed by atoms with E-state index < -0.39 is 0 Å². The molecule has 1 aromatic heterocycles. The van der Waals surface area contributed by atoms with Crippen molar-refractivity contribution in [2.45, 2.75) is 32.2 Å². The van der Waals surface area contributed by atoms with Gasteiger partial charge in [0.1, 0.15) is 0 Å². The molecule has 1 N–H and O–H groups in total. The predicted molar refractivity (Wildman–Crippen MR) is 70.5 cm³/mol. The number of likely N-dealkylation sites (N-methyl/N-ethyl adjacent to an activating group) is 1. The molecule has 1 atom stereocenters. The van der Waals surface area contributed by atoms with Crippen LogP contribution in [0.15, 0.2) is 6.20 Å². The second-order valence-electron chi connectivity index (χ2n) is 5.10. The van der Waals surface area contributed by atoms with Crippen LogP contribution in [0.4, 0.5) is 0 Å². The Morgan fingerprint density at radius 3 is 2.94 bits per heavy atom. The van der Waals surface area contributed by atoms with Crippen molar-refractivity contribution in [2.24, 2.45) is 7.05 Å². The molecule has 1 aliphatic rings. The highest BCUT2D eigenvalue weighted by Crippen LogP contribution is 2.12. The fourth-order valence-corrected chi connectivity index (χ4v) is 2.41. The van der Waals surface area contributed by atoms with Gasteiger partial charge in [-0.25, -0.2) is 0 Å². The molecule has 0 radical (unpaired) electrons. The Morgan fingerprint density at radius 1 is 1.61 bits per heavy atom. The van der Waals surface area contributed by atoms with E-state index in [1.165, 1.54) is 12.8 Å². The van der Waals surface area contributed by atoms with Gasteiger partial charge in [-0.15, -0.1) is 0 Å². The Bertz CT molecular complexity index is 421. The predicted octanol–water partition coefficient (Wildman–Crippen LogP) is 0.943. The molecule has 2 rings (SSSR count). The van der Waals surface area contributed by atoms with Crippen LogP contribution in [0, 0.1) is 6.92 Å². The van der Waals surface area contributed by atoms with E-state index in [2.05, 4.69) is 10.4 Å². The molecule has 1 saturated heterocycles. The van der Waals surface area contributed by atoms with Crippen molar-refractivity contribution in [2.75, 3.05) is 20.1 Å². The average Bonchev–Trinajstić information content (AvgIpc) is 2.70. The molecule has 1 amide bonds. The molecular formula is C13H22N4O. The van der Waals surface area contributed by atoms with E-state index in [0.717, 1.165) is 25.2 Å². The van der Waals surface area contributed by atoms with E-state index >= 15 is 0 Å². The molecule has 0 aromatic carbocycles. The first kappa shape index (κ1) is 13.1. The molecule has 100 valence electrons. The summed E-state index contributed by atoms with van der Waals surface area (Å²) >= 11 is 0. The topological polar surface area (TPSA) is 50.2 Å². The Kier molecular flexibility index (Phi) is 4.01. The number of rotatable bonds is 3. The van der Waals surface area contributed by atoms with Gasteiger partial charge < -0.3 is 10.2 Å². The maximum absolute atomic E-state index is 12.3. The number of carbonyl (C=O) groups is 1. The van der Waals surface area contributed by atoms with Gasteiger partial charge in [-0.2, -0.15) is 5.10 Å². The van der Waals surface area contributed by atoms with E-state index in [1.807, 2.05) is 21.0 Å². The van der Waals surface area contributed by atoms with Crippen molar-refractivity contribution in [3.63, 3.8) is 0 Å². The number of nitrogens with one attached hydrogen (secondary N) is 1. The maximum atomic E-state index is 12.3. The largest absolute Gasteiger partial charge is 0.340 e. The highest BCUT2D eigenvalue weighted by atomic mass is 16.2. The van der Waals surface area contributed by atoms with Crippen molar-refractivity contribution in [3.05, 3.63) is 17.5 Å². The minimum Gasteiger partial charge on any atom is -0.340 e. The minimum absolute atomic E-state index is 0.0629. The van der Waals surface area contributed by atoms with Crippen LogP contribution in [0.25, 0.3) is 0 Å². The lowest BCUT2D eigenvalue weighted by Crippen LogP contribution is -2.44. The summed E-state index contributed by atoms with van der Waals surface area (Å²) in [5, 5.41) is 7.58. The molecule has 5 nitrogen and oxygen atoms in total. The second kappa shape index (κ2) is 5.52. The fourth-order valence-electron chi connectivity index (χ4n) is 2.41. The van der Waals surface area contributed by atoms with E-state index in [-0.39, 0.29) is 5.91 Å². The zero-order valence-corrected chi connectivity index (χ0v) is 11.4. The lowest BCUT2D eigenvalue weighted by atomic mass is 10.0. The monoisotopic (exact) mass is 250 g/mol. The molecule has 0 saturated carbocycles. The summed E-state index contributed by atoms with van der Waals surface area (Å²) < 4.78 is 1.74. The summed E-state index contributed by atoms with van der Waals surface area (Å²) in [6.45, 7) is 3.76. The zero-order valence-electron chi connectivity index (χ0n) is 11.4. The van der Waals surface area contributed by atoms with Gasteiger partial charge >= 0.3 is 0 Å². The quantitative estimate of drug-likeness (QED) is 0.868. The summed E-state index contributed by atoms with van der Waals surface area (Å²) in [6, 6.07) is 0.435. The van der Waals surface area contributed by atoms with E-state index in [1.54, 1.807) is 15.8 Å². The number of hydrogen-bond donors (Lipinski definition) is 1. The third kappa shape index (κ3) is 2.72. The van der Waals surface area contributed by atoms with Crippen molar-refractivity contribution >= 4 is 5.91 Å². The normalized spacial score (nSPS) is 19.8. The van der Waals surface area contributed by atoms with Crippen LogP contribution in [-0.4, -0.2) is 46.8 Å². The Balaban J connectivity index is 1.98. The summed E-state index contributed by atoms with van der Waals surface area (Å²) in [7, 11) is 3.72. The number of nitrogens with zero attached hydrogens (tertiary/aromatic N) is 3. The molecule has 2 heterocycles. The molecule has 0 bridgehead atoms. The SMILES string of the molecule is Cc1c(C(=O)N(C)CC2CCCCN2)cnn1C. The number of aryl methyl sites for hydroxylation is 1. The summed E-state index contributed by atoms with van der Waals surface area (Å²) in [5.74, 6) is 0.0629. The van der Waals surface area contributed by atoms with Crippen molar-refractivity contribution in [3.8, 4) is 0 Å². The molecule has 1 aliphatic heterocycles. The van der Waals surface area contributed by atoms with Crippen LogP contribution in [0.1, 0.15) is 35.3 Å². The van der Waals surface area contributed by atoms with Crippen LogP contribution in [0.3, 0.4) is 0 Å². The summed E-state index contributed by atoms with van der Waals surface area (Å²) in [4.78, 5) is 14.1. The van der Waals surface area contributed by atoms with E-state index in [9.17, 15) is 4.79 Å². The van der Waals surface area contributed by atoms with E-state index in [4.69, 9.17) is 0 Å². The second-order valence-corrected chi connectivity index (χ2v) is 5.10. The lowest BCUT2D eigenvalue weighted by Gasteiger charge is -2.28. The van der Waals surface area contributed by atoms with Gasteiger partial charge in [0.25, 0.3) is 5.91 Å². The average molecular weight is 250 g/mol. The van der Waals surface area contributed by atoms with Gasteiger partial charge in [-0.3, -0.25) is 9.48 Å². The molecule has 1 fully saturated rings. The fraction of sp³-hybridized carbons (Fsp3) is 0.692. The molecule has 18 heavy (non-hydrogen) atoms. The van der Waals surface area contributed by atoms with Gasteiger partial charge in [0.2, 0.25) is 0 Å². The molecular weight excluding hydrogens is 228 g/mol. The van der Waals surface area contributed by atoms with Gasteiger partial charge in [0, 0.05) is 32.4 Å². The van der Waals surface area contributed by atoms with Crippen LogP contribution in [0.5, 0.6) is 0 Å². The first-order valence-corrected chi connectivity index (χ1v) is 6.57. The van der Waals surface area contributed by atoms with Crippen molar-refractivity contribution < 1.29 is 4.79 Å². The molecule has 0 aliphatic carbocycles. The standard InChI is InChI=1S/C13H22N4O/c1-10-12(8-15-17(10)3)13(18)16(2)9-11-6-4-5-7-14-11/h8,11,14H,4-7,9H2,1-3H3. The Labute approximate surface area is 108 Å². The molecule has 5 heteroatoms. The lowest BCUT2D eigenvalue weighted by molar-refractivity contribution is 0.0774. The third-order valence-corrected chi connectivity index (χ3v) is 3.72. The van der Waals surface area contributed by atoms with Gasteiger partial charge in [-0.05, 0) is 26.3 Å². The maximum Gasteiger partial charge on any atom is 0.257 e. The number of hydrogen-bond acceptors (Lipinski definition) is 3. The highest BCUT2D eigenvalue weighted by Gasteiger charge is 2.21. The van der Waals surface area contributed by atoms with Gasteiger partial charge in [-0.1, -0.05) is 6.42 Å². The third-order valence-electron chi connectivity index (χ3n) is 3.72. The minimum atomic E-state index is 0.0629. The van der Waals surface area contributed by atoms with Crippen LogP contribution in [0.2, 0.25) is 0 Å². The summed E-state index contributed by atoms with van der Waals surface area (Å²) in [6.07, 6.45) is 5.31. The highest BCUT2D eigenvalue weighted by molar-refractivity contribution is 5.94. The van der Waals surface area contributed by atoms with Crippen LogP contribution >= 0.6 is 0 Å². The van der Waals surface area contributed by atoms with Gasteiger partial charge in [0.05, 0.1) is 11.8 Å². The van der Waals surface area contributed by atoms with Crippen molar-refractivity contribution in [1.29, 1.82) is 0 Å². The van der Waals surface area contributed by atoms with E-state index in [0.29, 0.717) is 11.6 Å². The smallest absolute Gasteiger partial charge is 0.257 e. The molecule has 1 unspecified atom stereocenters. The number of piperidine rings is 1. The summed E-state index contributed by atoms with van der Waals surface area (Å²) in [5.41, 5.74) is 1.62. The molecule has 0 spiro atoms.